The molecule has 4 heterocycles. The standard InChI is InChI=1S/C30H18Cl3F2N3O5S.C23H16ClF2N3O4S/c1-15(39)14-44(42,43)37-24-10-9-23(34)26(27(24)35)28(40)20-13-38(30(41)25-21(32)3-2-4-22(25)33)29-19(20)11-17(12-36-29)16-5-7-18(31)8-6-16;1-12(30)11-34(32,33)29-19-7-6-18(25)20(21(19)26)22(31)17-10-28-23-16(17)8-14(9-27-23)13-2-4-15(24)5-3-13/h2-13,37H,14H2,1H3;2-10,29H,11H2,1H3,(H,27,28). The average molecular weight is 1180 g/mol. The second kappa shape index (κ2) is 22.7. The van der Waals surface area contributed by atoms with Gasteiger partial charge in [0.15, 0.2) is 11.6 Å². The van der Waals surface area contributed by atoms with Gasteiger partial charge in [-0.2, -0.15) is 0 Å². The first-order chi connectivity index (χ1) is 36.8. The number of fused-ring (bicyclic) bond motifs is 2. The fourth-order valence-electron chi connectivity index (χ4n) is 7.95. The molecular weight excluding hydrogens is 1150 g/mol. The highest BCUT2D eigenvalue weighted by molar-refractivity contribution is 7.93. The lowest BCUT2D eigenvalue weighted by molar-refractivity contribution is -0.115. The van der Waals surface area contributed by atoms with E-state index in [1.807, 2.05) is 9.44 Å². The molecule has 25 heteroatoms. The summed E-state index contributed by atoms with van der Waals surface area (Å²) < 4.78 is 114. The van der Waals surface area contributed by atoms with Gasteiger partial charge in [-0.3, -0.25) is 38.0 Å². The first kappa shape index (κ1) is 56.4. The number of carbonyl (C=O) groups is 5. The molecule has 4 aromatic heterocycles. The van der Waals surface area contributed by atoms with Crippen LogP contribution in [0.2, 0.25) is 20.1 Å². The van der Waals surface area contributed by atoms with Crippen LogP contribution in [-0.4, -0.2) is 76.9 Å². The van der Waals surface area contributed by atoms with Crippen LogP contribution in [0.15, 0.2) is 128 Å². The maximum Gasteiger partial charge on any atom is 0.266 e. The Balaban J connectivity index is 0.000000213. The summed E-state index contributed by atoms with van der Waals surface area (Å²) in [5.74, 6) is -11.7. The van der Waals surface area contributed by atoms with Crippen molar-refractivity contribution in [2.45, 2.75) is 13.8 Å². The number of aromatic amines is 1. The highest BCUT2D eigenvalue weighted by atomic mass is 35.5. The summed E-state index contributed by atoms with van der Waals surface area (Å²) in [5.41, 5.74) is -1.15. The Labute approximate surface area is 460 Å². The number of aromatic nitrogens is 4. The zero-order chi connectivity index (χ0) is 56.5. The molecule has 0 aliphatic heterocycles. The fourth-order valence-corrected chi connectivity index (χ4v) is 11.0. The van der Waals surface area contributed by atoms with Crippen LogP contribution in [0.1, 0.15) is 56.0 Å². The topological polar surface area (TPSA) is 224 Å². The minimum atomic E-state index is -4.36. The summed E-state index contributed by atoms with van der Waals surface area (Å²) in [4.78, 5) is 74.6. The van der Waals surface area contributed by atoms with E-state index in [-0.39, 0.29) is 37.8 Å². The second-order valence-electron chi connectivity index (χ2n) is 17.1. The zero-order valence-electron chi connectivity index (χ0n) is 39.9. The minimum absolute atomic E-state index is 0.0117. The SMILES string of the molecule is CC(=O)CS(=O)(=O)Nc1ccc(F)c(C(=O)c2c[nH]c3ncc(-c4ccc(Cl)cc4)cc23)c1F.CC(=O)CS(=O)(=O)Nc1ccc(F)c(C(=O)c2cn(C(=O)c3c(Cl)cccc3Cl)c3ncc(-c4ccc(Cl)cc4)cc23)c1F. The van der Waals surface area contributed by atoms with Gasteiger partial charge in [0.1, 0.15) is 46.0 Å². The molecule has 0 amide bonds. The molecule has 0 aliphatic rings. The van der Waals surface area contributed by atoms with E-state index in [2.05, 4.69) is 15.0 Å². The van der Waals surface area contributed by atoms with E-state index in [1.165, 1.54) is 36.7 Å². The summed E-state index contributed by atoms with van der Waals surface area (Å²) in [7, 11) is -8.60. The number of halogens is 8. The average Bonchev–Trinajstić information content (AvgIpc) is 4.15. The molecule has 0 radical (unpaired) electrons. The van der Waals surface area contributed by atoms with Crippen molar-refractivity contribution in [3.8, 4) is 22.3 Å². The van der Waals surface area contributed by atoms with Crippen molar-refractivity contribution in [1.82, 2.24) is 19.5 Å². The molecule has 5 aromatic carbocycles. The molecule has 0 spiro atoms. The van der Waals surface area contributed by atoms with Gasteiger partial charge in [-0.1, -0.05) is 76.7 Å². The van der Waals surface area contributed by atoms with E-state index < -0.39 is 106 Å². The summed E-state index contributed by atoms with van der Waals surface area (Å²) in [6, 6.07) is 24.2. The number of ketones is 4. The van der Waals surface area contributed by atoms with E-state index in [0.29, 0.717) is 43.8 Å². The van der Waals surface area contributed by atoms with Gasteiger partial charge >= 0.3 is 0 Å². The Morgan fingerprint density at radius 3 is 1.49 bits per heavy atom. The number of nitrogens with zero attached hydrogens (tertiary/aromatic N) is 3. The molecule has 0 bridgehead atoms. The third kappa shape index (κ3) is 12.2. The Kier molecular flexibility index (Phi) is 16.4. The van der Waals surface area contributed by atoms with Gasteiger partial charge in [-0.15, -0.1) is 0 Å². The zero-order valence-corrected chi connectivity index (χ0v) is 44.6. The molecule has 398 valence electrons. The van der Waals surface area contributed by atoms with Crippen LogP contribution < -0.4 is 9.44 Å². The van der Waals surface area contributed by atoms with Crippen LogP contribution in [0.3, 0.4) is 0 Å². The Bertz CT molecular complexity index is 4180. The van der Waals surface area contributed by atoms with E-state index in [9.17, 15) is 45.2 Å². The molecule has 9 rings (SSSR count). The molecule has 0 saturated carbocycles. The smallest absolute Gasteiger partial charge is 0.266 e. The molecule has 0 atom stereocenters. The monoisotopic (exact) mass is 1180 g/mol. The summed E-state index contributed by atoms with van der Waals surface area (Å²) >= 11 is 24.4. The molecule has 0 fully saturated rings. The lowest BCUT2D eigenvalue weighted by Gasteiger charge is -2.11. The van der Waals surface area contributed by atoms with Gasteiger partial charge in [-0.25, -0.2) is 44.4 Å². The van der Waals surface area contributed by atoms with Gasteiger partial charge in [0, 0.05) is 62.3 Å². The van der Waals surface area contributed by atoms with Crippen LogP contribution in [0.25, 0.3) is 44.3 Å². The number of hydrogen-bond donors (Lipinski definition) is 3. The Morgan fingerprint density at radius 1 is 0.564 bits per heavy atom. The Hall–Kier alpha value is -7.79. The molecule has 0 aliphatic carbocycles. The lowest BCUT2D eigenvalue weighted by atomic mass is 10.00. The number of nitrogens with one attached hydrogen (secondary N) is 3. The first-order valence-corrected chi connectivity index (χ1v) is 27.2. The molecule has 15 nitrogen and oxygen atoms in total. The predicted octanol–water partition coefficient (Wildman–Crippen LogP) is 11.9. The number of pyridine rings is 2. The van der Waals surface area contributed by atoms with E-state index in [0.717, 1.165) is 48.4 Å². The van der Waals surface area contributed by atoms with E-state index >= 15 is 13.2 Å². The van der Waals surface area contributed by atoms with Crippen molar-refractivity contribution in [3.05, 3.63) is 199 Å². The Morgan fingerprint density at radius 2 is 1.01 bits per heavy atom. The number of sulfonamides is 2. The summed E-state index contributed by atoms with van der Waals surface area (Å²) in [6.45, 7) is 2.08. The molecule has 78 heavy (non-hydrogen) atoms. The maximum absolute atomic E-state index is 15.6. The molecule has 0 unspecified atom stereocenters. The van der Waals surface area contributed by atoms with Crippen molar-refractivity contribution in [3.63, 3.8) is 0 Å². The quantitative estimate of drug-likeness (QED) is 0.0646. The second-order valence-corrected chi connectivity index (χ2v) is 22.2. The van der Waals surface area contributed by atoms with Gasteiger partial charge in [0.2, 0.25) is 31.6 Å². The number of benzene rings is 5. The number of hydrogen-bond acceptors (Lipinski definition) is 11. The van der Waals surface area contributed by atoms with Crippen LogP contribution in [0, 0.1) is 23.3 Å². The van der Waals surface area contributed by atoms with Crippen molar-refractivity contribution in [2.24, 2.45) is 0 Å². The van der Waals surface area contributed by atoms with Crippen LogP contribution in [0.5, 0.6) is 0 Å². The van der Waals surface area contributed by atoms with Crippen LogP contribution >= 0.6 is 46.4 Å². The van der Waals surface area contributed by atoms with E-state index in [4.69, 9.17) is 46.4 Å². The van der Waals surface area contributed by atoms with Gasteiger partial charge in [0.05, 0.1) is 43.7 Å². The van der Waals surface area contributed by atoms with Crippen LogP contribution in [0.4, 0.5) is 28.9 Å². The molecule has 3 N–H and O–H groups in total. The normalized spacial score (nSPS) is 11.5. The molecule has 9 aromatic rings. The highest BCUT2D eigenvalue weighted by Gasteiger charge is 2.31. The number of Topliss-reactive ketones (excluding diaryl/α,β-unsaturated/α-hetero) is 2. The molecular formula is C53H34Cl4F4N6O9S2. The third-order valence-corrected chi connectivity index (χ3v) is 15.1. The lowest BCUT2D eigenvalue weighted by Crippen LogP contribution is -2.22. The van der Waals surface area contributed by atoms with Crippen molar-refractivity contribution < 1.29 is 58.4 Å². The molecule has 0 saturated heterocycles. The van der Waals surface area contributed by atoms with Crippen molar-refractivity contribution in [2.75, 3.05) is 20.9 Å². The summed E-state index contributed by atoms with van der Waals surface area (Å²) in [6.07, 6.45) is 5.33. The van der Waals surface area contributed by atoms with E-state index in [1.54, 1.807) is 60.8 Å². The van der Waals surface area contributed by atoms with Gasteiger partial charge in [-0.05, 0) is 97.8 Å². The fraction of sp³-hybridized carbons (Fsp3) is 0.0755. The van der Waals surface area contributed by atoms with Crippen molar-refractivity contribution in [1.29, 1.82) is 0 Å². The minimum Gasteiger partial charge on any atom is -0.345 e. The first-order valence-electron chi connectivity index (χ1n) is 22.4. The number of anilines is 2. The largest absolute Gasteiger partial charge is 0.345 e. The van der Waals surface area contributed by atoms with Crippen LogP contribution in [-0.2, 0) is 29.6 Å². The predicted molar refractivity (Wildman–Crippen MR) is 289 cm³/mol. The summed E-state index contributed by atoms with van der Waals surface area (Å²) in [5, 5.41) is 1.39. The van der Waals surface area contributed by atoms with Gasteiger partial charge < -0.3 is 4.98 Å². The maximum atomic E-state index is 15.6. The third-order valence-electron chi connectivity index (χ3n) is 11.4. The number of H-pyrrole nitrogens is 1. The number of rotatable bonds is 15. The van der Waals surface area contributed by atoms with Gasteiger partial charge in [0.25, 0.3) is 5.91 Å². The highest BCUT2D eigenvalue weighted by Crippen LogP contribution is 2.35. The number of carbonyl (C=O) groups excluding carboxylic acids is 5. The van der Waals surface area contributed by atoms with Crippen molar-refractivity contribution >= 4 is 129 Å².